The van der Waals surface area contributed by atoms with Gasteiger partial charge in [-0.15, -0.1) is 0 Å². The third-order valence-electron chi connectivity index (χ3n) is 4.66. The highest BCUT2D eigenvalue weighted by atomic mass is 32.2. The summed E-state index contributed by atoms with van der Waals surface area (Å²) in [6.45, 7) is 1.52. The molecule has 3 rings (SSSR count). The Morgan fingerprint density at radius 1 is 1.17 bits per heavy atom. The molecule has 0 aliphatic carbocycles. The summed E-state index contributed by atoms with van der Waals surface area (Å²) >= 11 is 0. The molecule has 8 nitrogen and oxygen atoms in total. The molecule has 0 fully saturated rings. The van der Waals surface area contributed by atoms with Gasteiger partial charge in [-0.25, -0.2) is 8.42 Å². The second-order valence-corrected chi connectivity index (χ2v) is 8.51. The summed E-state index contributed by atoms with van der Waals surface area (Å²) < 4.78 is 32.2. The minimum Gasteiger partial charge on any atom is -0.497 e. The summed E-state index contributed by atoms with van der Waals surface area (Å²) in [5.74, 6) is 0.133. The summed E-state index contributed by atoms with van der Waals surface area (Å²) in [4.78, 5) is 24.0. The number of nitrogens with one attached hydrogen (secondary N) is 2. The first-order chi connectivity index (χ1) is 13.8. The lowest BCUT2D eigenvalue weighted by Crippen LogP contribution is -2.38. The van der Waals surface area contributed by atoms with Gasteiger partial charge in [0.2, 0.25) is 21.8 Å². The van der Waals surface area contributed by atoms with Crippen LogP contribution in [0.5, 0.6) is 5.75 Å². The van der Waals surface area contributed by atoms with Crippen molar-refractivity contribution in [2.45, 2.75) is 24.7 Å². The van der Waals surface area contributed by atoms with Crippen molar-refractivity contribution in [1.29, 1.82) is 0 Å². The summed E-state index contributed by atoms with van der Waals surface area (Å²) in [6.07, 6.45) is 0.798. The number of sulfonamides is 1. The molecule has 0 spiro atoms. The van der Waals surface area contributed by atoms with Crippen LogP contribution in [0.3, 0.4) is 0 Å². The van der Waals surface area contributed by atoms with Crippen LogP contribution in [0.1, 0.15) is 18.9 Å². The zero-order chi connectivity index (χ0) is 21.0. The largest absolute Gasteiger partial charge is 0.497 e. The molecule has 0 bridgehead atoms. The minimum absolute atomic E-state index is 0.0847. The van der Waals surface area contributed by atoms with Crippen LogP contribution in [0.25, 0.3) is 0 Å². The Morgan fingerprint density at radius 2 is 1.90 bits per heavy atom. The first-order valence-electron chi connectivity index (χ1n) is 9.20. The highest BCUT2D eigenvalue weighted by Crippen LogP contribution is 2.27. The van der Waals surface area contributed by atoms with Gasteiger partial charge in [0, 0.05) is 24.3 Å². The smallest absolute Gasteiger partial charge is 0.243 e. The van der Waals surface area contributed by atoms with E-state index in [0.29, 0.717) is 30.0 Å². The predicted octanol–water partition coefficient (Wildman–Crippen LogP) is 2.23. The van der Waals surface area contributed by atoms with Crippen LogP contribution in [0.15, 0.2) is 47.4 Å². The summed E-state index contributed by atoms with van der Waals surface area (Å²) in [5, 5.41) is 5.42. The second kappa shape index (κ2) is 8.62. The summed E-state index contributed by atoms with van der Waals surface area (Å²) in [6, 6.07) is 11.4. The average Bonchev–Trinajstić information content (AvgIpc) is 2.72. The molecule has 2 aromatic rings. The van der Waals surface area contributed by atoms with Crippen molar-refractivity contribution in [2.75, 3.05) is 30.8 Å². The van der Waals surface area contributed by atoms with E-state index in [2.05, 4.69) is 10.6 Å². The number of hydrogen-bond acceptors (Lipinski definition) is 5. The summed E-state index contributed by atoms with van der Waals surface area (Å²) in [7, 11) is -2.31. The molecule has 1 aliphatic rings. The Hall–Kier alpha value is -2.91. The Morgan fingerprint density at radius 3 is 2.55 bits per heavy atom. The average molecular weight is 417 g/mol. The maximum Gasteiger partial charge on any atom is 0.243 e. The fourth-order valence-corrected chi connectivity index (χ4v) is 4.53. The molecular formula is C20H23N3O5S. The Balaban J connectivity index is 1.74. The predicted molar refractivity (Wildman–Crippen MR) is 109 cm³/mol. The highest BCUT2D eigenvalue weighted by molar-refractivity contribution is 7.89. The van der Waals surface area contributed by atoms with Crippen molar-refractivity contribution < 1.29 is 22.7 Å². The van der Waals surface area contributed by atoms with Crippen LogP contribution in [0.4, 0.5) is 11.4 Å². The van der Waals surface area contributed by atoms with E-state index in [1.807, 2.05) is 0 Å². The standard InChI is InChI=1S/C20H23N3O5S/c1-3-23(13-20(25)21-15-5-7-16(28-2)8-6-15)29(26,27)17-9-10-18-14(12-17)4-11-19(24)22-18/h5-10,12H,3-4,11,13H2,1-2H3,(H,21,25)(H,22,24). The fraction of sp³-hybridized carbons (Fsp3) is 0.300. The number of rotatable bonds is 7. The van der Waals surface area contributed by atoms with Gasteiger partial charge in [0.1, 0.15) is 5.75 Å². The molecule has 2 amide bonds. The topological polar surface area (TPSA) is 105 Å². The van der Waals surface area contributed by atoms with Crippen LogP contribution >= 0.6 is 0 Å². The normalized spacial score (nSPS) is 13.6. The number of aryl methyl sites for hydroxylation is 1. The van der Waals surface area contributed by atoms with Crippen LogP contribution in [0, 0.1) is 0 Å². The quantitative estimate of drug-likeness (QED) is 0.719. The zero-order valence-electron chi connectivity index (χ0n) is 16.3. The molecule has 29 heavy (non-hydrogen) atoms. The maximum absolute atomic E-state index is 13.0. The third-order valence-corrected chi connectivity index (χ3v) is 6.57. The van der Waals surface area contributed by atoms with E-state index in [9.17, 15) is 18.0 Å². The Kier molecular flexibility index (Phi) is 6.19. The number of carbonyl (C=O) groups is 2. The number of benzene rings is 2. The number of anilines is 2. The van der Waals surface area contributed by atoms with Gasteiger partial charge in [-0.1, -0.05) is 6.92 Å². The maximum atomic E-state index is 13.0. The van der Waals surface area contributed by atoms with Gasteiger partial charge in [-0.05, 0) is 54.4 Å². The van der Waals surface area contributed by atoms with Gasteiger partial charge >= 0.3 is 0 Å². The first kappa shape index (κ1) is 20.8. The molecule has 0 aromatic heterocycles. The molecule has 1 aliphatic heterocycles. The Labute approximate surface area is 169 Å². The SMILES string of the molecule is CCN(CC(=O)Nc1ccc(OC)cc1)S(=O)(=O)c1ccc2c(c1)CCC(=O)N2. The van der Waals surface area contributed by atoms with Gasteiger partial charge in [0.05, 0.1) is 18.6 Å². The van der Waals surface area contributed by atoms with Crippen LogP contribution in [0.2, 0.25) is 0 Å². The van der Waals surface area contributed by atoms with E-state index >= 15 is 0 Å². The monoisotopic (exact) mass is 417 g/mol. The van der Waals surface area contributed by atoms with Gasteiger partial charge in [0.15, 0.2) is 0 Å². The van der Waals surface area contributed by atoms with E-state index in [4.69, 9.17) is 4.74 Å². The van der Waals surface area contributed by atoms with Crippen molar-refractivity contribution in [3.05, 3.63) is 48.0 Å². The molecule has 0 unspecified atom stereocenters. The van der Waals surface area contributed by atoms with E-state index in [1.165, 1.54) is 6.07 Å². The van der Waals surface area contributed by atoms with E-state index in [-0.39, 0.29) is 23.9 Å². The number of hydrogen-bond donors (Lipinski definition) is 2. The lowest BCUT2D eigenvalue weighted by atomic mass is 10.0. The van der Waals surface area contributed by atoms with Crippen LogP contribution in [-0.4, -0.2) is 44.7 Å². The van der Waals surface area contributed by atoms with Gasteiger partial charge in [-0.2, -0.15) is 4.31 Å². The number of carbonyl (C=O) groups excluding carboxylic acids is 2. The highest BCUT2D eigenvalue weighted by Gasteiger charge is 2.27. The second-order valence-electron chi connectivity index (χ2n) is 6.58. The van der Waals surface area contributed by atoms with Crippen molar-refractivity contribution in [1.82, 2.24) is 4.31 Å². The van der Waals surface area contributed by atoms with E-state index in [1.54, 1.807) is 50.4 Å². The van der Waals surface area contributed by atoms with E-state index in [0.717, 1.165) is 9.87 Å². The number of methoxy groups -OCH3 is 1. The minimum atomic E-state index is -3.86. The molecule has 0 radical (unpaired) electrons. The van der Waals surface area contributed by atoms with Crippen molar-refractivity contribution in [3.63, 3.8) is 0 Å². The van der Waals surface area contributed by atoms with Crippen molar-refractivity contribution in [3.8, 4) is 5.75 Å². The van der Waals surface area contributed by atoms with Crippen LogP contribution < -0.4 is 15.4 Å². The van der Waals surface area contributed by atoms with Gasteiger partial charge in [-0.3, -0.25) is 9.59 Å². The number of amides is 2. The molecule has 2 N–H and O–H groups in total. The lowest BCUT2D eigenvalue weighted by molar-refractivity contribution is -0.117. The molecule has 2 aromatic carbocycles. The number of nitrogens with zero attached hydrogens (tertiary/aromatic N) is 1. The van der Waals surface area contributed by atoms with E-state index < -0.39 is 15.9 Å². The van der Waals surface area contributed by atoms with Crippen molar-refractivity contribution in [2.24, 2.45) is 0 Å². The number of fused-ring (bicyclic) bond motifs is 1. The van der Waals surface area contributed by atoms with Gasteiger partial charge in [0.25, 0.3) is 0 Å². The molecule has 0 saturated heterocycles. The molecular weight excluding hydrogens is 394 g/mol. The van der Waals surface area contributed by atoms with Gasteiger partial charge < -0.3 is 15.4 Å². The molecule has 154 valence electrons. The number of ether oxygens (including phenoxy) is 1. The zero-order valence-corrected chi connectivity index (χ0v) is 17.1. The molecule has 1 heterocycles. The Bertz CT molecular complexity index is 1020. The molecule has 9 heteroatoms. The summed E-state index contributed by atoms with van der Waals surface area (Å²) in [5.41, 5.74) is 1.94. The lowest BCUT2D eigenvalue weighted by Gasteiger charge is -2.22. The fourth-order valence-electron chi connectivity index (χ4n) is 3.07. The molecule has 0 atom stereocenters. The molecule has 0 saturated carbocycles. The number of likely N-dealkylation sites (N-methyl/N-ethyl adjacent to an activating group) is 1. The van der Waals surface area contributed by atoms with Crippen LogP contribution in [-0.2, 0) is 26.0 Å². The van der Waals surface area contributed by atoms with Crippen molar-refractivity contribution >= 4 is 33.2 Å². The first-order valence-corrected chi connectivity index (χ1v) is 10.6. The third kappa shape index (κ3) is 4.75.